The number of rotatable bonds is 3. The number of carbonyl (C=O) groups excluding carboxylic acids is 2. The number of carbonyl (C=O) groups is 2. The molecule has 0 N–H and O–H groups in total. The average molecular weight is 345 g/mol. The van der Waals surface area contributed by atoms with Crippen LogP contribution in [0.4, 0.5) is 0 Å². The number of thiazole rings is 1. The highest BCUT2D eigenvalue weighted by Crippen LogP contribution is 2.23. The number of aryl methyl sites for hydroxylation is 2. The highest BCUT2D eigenvalue weighted by atomic mass is 32.1. The Morgan fingerprint density at radius 1 is 1.38 bits per heavy atom. The van der Waals surface area contributed by atoms with Crippen LogP contribution in [0.3, 0.4) is 0 Å². The minimum absolute atomic E-state index is 0.0259. The minimum Gasteiger partial charge on any atom is -0.468 e. The van der Waals surface area contributed by atoms with E-state index in [1.165, 1.54) is 30.7 Å². The molecule has 7 nitrogen and oxygen atoms in total. The van der Waals surface area contributed by atoms with Crippen LogP contribution in [0.5, 0.6) is 0 Å². The van der Waals surface area contributed by atoms with Gasteiger partial charge in [-0.15, -0.1) is 0 Å². The molecule has 0 fully saturated rings. The number of esters is 1. The molecule has 0 saturated carbocycles. The van der Waals surface area contributed by atoms with Crippen molar-refractivity contribution in [3.63, 3.8) is 0 Å². The third-order valence-corrected chi connectivity index (χ3v) is 4.70. The first-order valence-corrected chi connectivity index (χ1v) is 7.98. The van der Waals surface area contributed by atoms with Crippen LogP contribution in [0.2, 0.25) is 0 Å². The van der Waals surface area contributed by atoms with E-state index in [2.05, 4.69) is 10.1 Å². The zero-order valence-electron chi connectivity index (χ0n) is 13.4. The molecule has 0 spiro atoms. The van der Waals surface area contributed by atoms with E-state index in [9.17, 15) is 9.59 Å². The fourth-order valence-corrected chi connectivity index (χ4v) is 3.49. The van der Waals surface area contributed by atoms with E-state index in [1.54, 1.807) is 4.57 Å². The lowest BCUT2D eigenvalue weighted by atomic mass is 10.1. The SMILES string of the molecule is COC(=O)Cn1c(=NC(=O)c2ccno2)sc2c(C)cc(C)cc21. The normalized spacial score (nSPS) is 11.9. The zero-order valence-corrected chi connectivity index (χ0v) is 14.2. The van der Waals surface area contributed by atoms with Crippen LogP contribution in [-0.4, -0.2) is 28.7 Å². The zero-order chi connectivity index (χ0) is 17.3. The van der Waals surface area contributed by atoms with Crippen molar-refractivity contribution in [3.05, 3.63) is 46.1 Å². The number of hydrogen-bond donors (Lipinski definition) is 0. The molecule has 1 amide bonds. The van der Waals surface area contributed by atoms with Crippen LogP contribution in [-0.2, 0) is 16.1 Å². The lowest BCUT2D eigenvalue weighted by Crippen LogP contribution is -2.22. The summed E-state index contributed by atoms with van der Waals surface area (Å²) in [5, 5.41) is 3.50. The standard InChI is InChI=1S/C16H15N3O4S/c1-9-6-10(2)14-11(7-9)19(8-13(20)22-3)16(24-14)18-15(21)12-4-5-17-23-12/h4-7H,8H2,1-3H3. The Morgan fingerprint density at radius 2 is 2.17 bits per heavy atom. The van der Waals surface area contributed by atoms with Gasteiger partial charge < -0.3 is 13.8 Å². The Kier molecular flexibility index (Phi) is 4.30. The first-order valence-electron chi connectivity index (χ1n) is 7.16. The van der Waals surface area contributed by atoms with Crippen molar-refractivity contribution in [2.75, 3.05) is 7.11 Å². The smallest absolute Gasteiger partial charge is 0.325 e. The van der Waals surface area contributed by atoms with Gasteiger partial charge in [0.25, 0.3) is 0 Å². The van der Waals surface area contributed by atoms with Crippen LogP contribution in [0.15, 0.2) is 33.9 Å². The summed E-state index contributed by atoms with van der Waals surface area (Å²) in [6, 6.07) is 5.45. The molecule has 124 valence electrons. The molecule has 0 atom stereocenters. The highest BCUT2D eigenvalue weighted by molar-refractivity contribution is 7.16. The largest absolute Gasteiger partial charge is 0.468 e. The lowest BCUT2D eigenvalue weighted by molar-refractivity contribution is -0.141. The van der Waals surface area contributed by atoms with Gasteiger partial charge in [0.05, 0.1) is 23.5 Å². The van der Waals surface area contributed by atoms with Gasteiger partial charge in [-0.25, -0.2) is 0 Å². The molecule has 0 radical (unpaired) electrons. The van der Waals surface area contributed by atoms with E-state index in [1.807, 2.05) is 26.0 Å². The second kappa shape index (κ2) is 6.40. The summed E-state index contributed by atoms with van der Waals surface area (Å²) in [4.78, 5) is 28.5. The number of hydrogen-bond acceptors (Lipinski definition) is 6. The summed E-state index contributed by atoms with van der Waals surface area (Å²) in [6.07, 6.45) is 1.38. The quantitative estimate of drug-likeness (QED) is 0.679. The maximum absolute atomic E-state index is 12.2. The van der Waals surface area contributed by atoms with E-state index < -0.39 is 11.9 Å². The molecular formula is C16H15N3O4S. The first kappa shape index (κ1) is 16.1. The topological polar surface area (TPSA) is 86.7 Å². The van der Waals surface area contributed by atoms with E-state index in [4.69, 9.17) is 9.26 Å². The van der Waals surface area contributed by atoms with Crippen molar-refractivity contribution in [2.24, 2.45) is 4.99 Å². The van der Waals surface area contributed by atoms with E-state index >= 15 is 0 Å². The van der Waals surface area contributed by atoms with E-state index in [-0.39, 0.29) is 12.3 Å². The number of benzene rings is 1. The van der Waals surface area contributed by atoms with Gasteiger partial charge in [-0.1, -0.05) is 22.6 Å². The Hall–Kier alpha value is -2.74. The van der Waals surface area contributed by atoms with Gasteiger partial charge in [-0.2, -0.15) is 4.99 Å². The molecule has 0 unspecified atom stereocenters. The van der Waals surface area contributed by atoms with Crippen molar-refractivity contribution < 1.29 is 18.8 Å². The fourth-order valence-electron chi connectivity index (χ4n) is 2.41. The van der Waals surface area contributed by atoms with Gasteiger partial charge >= 0.3 is 11.9 Å². The maximum Gasteiger partial charge on any atom is 0.325 e. The van der Waals surface area contributed by atoms with Gasteiger partial charge in [0.2, 0.25) is 5.76 Å². The van der Waals surface area contributed by atoms with Gasteiger partial charge in [-0.05, 0) is 31.0 Å². The van der Waals surface area contributed by atoms with Gasteiger partial charge in [0.15, 0.2) is 4.80 Å². The third kappa shape index (κ3) is 3.00. The van der Waals surface area contributed by atoms with Gasteiger partial charge in [0.1, 0.15) is 6.54 Å². The molecule has 24 heavy (non-hydrogen) atoms. The molecule has 0 aliphatic rings. The molecular weight excluding hydrogens is 330 g/mol. The maximum atomic E-state index is 12.2. The number of fused-ring (bicyclic) bond motifs is 1. The molecule has 8 heteroatoms. The Labute approximate surface area is 141 Å². The predicted molar refractivity (Wildman–Crippen MR) is 87.7 cm³/mol. The van der Waals surface area contributed by atoms with Crippen molar-refractivity contribution >= 4 is 33.4 Å². The second-order valence-electron chi connectivity index (χ2n) is 5.27. The first-order chi connectivity index (χ1) is 11.5. The molecule has 3 aromatic rings. The number of methoxy groups -OCH3 is 1. The molecule has 0 aliphatic carbocycles. The van der Waals surface area contributed by atoms with Crippen molar-refractivity contribution in [1.29, 1.82) is 0 Å². The lowest BCUT2D eigenvalue weighted by Gasteiger charge is -2.05. The third-order valence-electron chi connectivity index (χ3n) is 3.48. The minimum atomic E-state index is -0.549. The number of nitrogens with zero attached hydrogens (tertiary/aromatic N) is 3. The number of aromatic nitrogens is 2. The molecule has 0 aliphatic heterocycles. The Balaban J connectivity index is 2.22. The fraction of sp³-hybridized carbons (Fsp3) is 0.250. The van der Waals surface area contributed by atoms with Crippen LogP contribution in [0, 0.1) is 13.8 Å². The Bertz CT molecular complexity index is 983. The van der Waals surface area contributed by atoms with Crippen LogP contribution < -0.4 is 4.80 Å². The molecule has 0 saturated heterocycles. The Morgan fingerprint density at radius 3 is 2.83 bits per heavy atom. The molecule has 1 aromatic carbocycles. The van der Waals surface area contributed by atoms with Gasteiger partial charge in [-0.3, -0.25) is 9.59 Å². The van der Waals surface area contributed by atoms with Gasteiger partial charge in [0, 0.05) is 6.07 Å². The van der Waals surface area contributed by atoms with Crippen molar-refractivity contribution in [1.82, 2.24) is 9.72 Å². The average Bonchev–Trinajstić information content (AvgIpc) is 3.17. The highest BCUT2D eigenvalue weighted by Gasteiger charge is 2.15. The summed E-state index contributed by atoms with van der Waals surface area (Å²) < 4.78 is 12.2. The van der Waals surface area contributed by atoms with Crippen LogP contribution in [0.1, 0.15) is 21.7 Å². The number of amides is 1. The summed E-state index contributed by atoms with van der Waals surface area (Å²) >= 11 is 1.34. The summed E-state index contributed by atoms with van der Waals surface area (Å²) in [7, 11) is 1.32. The number of ether oxygens (including phenoxy) is 1. The van der Waals surface area contributed by atoms with Crippen molar-refractivity contribution in [2.45, 2.75) is 20.4 Å². The van der Waals surface area contributed by atoms with Crippen molar-refractivity contribution in [3.8, 4) is 0 Å². The summed E-state index contributed by atoms with van der Waals surface area (Å²) in [5.74, 6) is -0.917. The van der Waals surface area contributed by atoms with E-state index in [0.717, 1.165) is 21.3 Å². The summed E-state index contributed by atoms with van der Waals surface area (Å²) in [5.41, 5.74) is 2.96. The monoisotopic (exact) mass is 345 g/mol. The van der Waals surface area contributed by atoms with Crippen LogP contribution in [0.25, 0.3) is 10.2 Å². The van der Waals surface area contributed by atoms with Crippen LogP contribution >= 0.6 is 11.3 Å². The van der Waals surface area contributed by atoms with E-state index in [0.29, 0.717) is 4.80 Å². The molecule has 3 rings (SSSR count). The molecule has 2 aromatic heterocycles. The predicted octanol–water partition coefficient (Wildman–Crippen LogP) is 2.22. The molecule has 0 bridgehead atoms. The molecule has 2 heterocycles. The summed E-state index contributed by atoms with van der Waals surface area (Å²) in [6.45, 7) is 3.93. The second-order valence-corrected chi connectivity index (χ2v) is 6.25.